The van der Waals surface area contributed by atoms with Crippen molar-refractivity contribution in [2.75, 3.05) is 17.7 Å². The highest BCUT2D eigenvalue weighted by Crippen LogP contribution is 2.39. The van der Waals surface area contributed by atoms with Crippen LogP contribution in [0, 0.1) is 0 Å². The van der Waals surface area contributed by atoms with Gasteiger partial charge in [-0.1, -0.05) is 41.6 Å². The van der Waals surface area contributed by atoms with E-state index in [1.807, 2.05) is 18.2 Å². The highest BCUT2D eigenvalue weighted by molar-refractivity contribution is 7.99. The zero-order chi connectivity index (χ0) is 20.1. The van der Waals surface area contributed by atoms with E-state index in [0.29, 0.717) is 31.9 Å². The fraction of sp³-hybridized carbons (Fsp3) is 0.222. The predicted octanol–water partition coefficient (Wildman–Crippen LogP) is 4.10. The molecule has 7 nitrogen and oxygen atoms in total. The smallest absolute Gasteiger partial charge is 0.341 e. The number of benzene rings is 1. The van der Waals surface area contributed by atoms with Crippen molar-refractivity contribution in [1.82, 2.24) is 14.8 Å². The van der Waals surface area contributed by atoms with Gasteiger partial charge in [-0.2, -0.15) is 0 Å². The van der Waals surface area contributed by atoms with Crippen LogP contribution in [0.4, 0.5) is 5.00 Å². The third kappa shape index (κ3) is 4.54. The number of carbonyl (C=O) groups is 2. The number of thioether (sulfide) groups is 1. The van der Waals surface area contributed by atoms with E-state index in [9.17, 15) is 9.59 Å². The van der Waals surface area contributed by atoms with Gasteiger partial charge in [0.1, 0.15) is 16.9 Å². The van der Waals surface area contributed by atoms with Gasteiger partial charge in [0.15, 0.2) is 5.16 Å². The molecule has 1 aromatic carbocycles. The number of thiophene rings is 1. The first-order chi connectivity index (χ1) is 13.5. The molecule has 0 radical (unpaired) electrons. The monoisotopic (exact) mass is 436 g/mol. The lowest BCUT2D eigenvalue weighted by molar-refractivity contribution is -0.113. The van der Waals surface area contributed by atoms with E-state index in [1.54, 1.807) is 36.3 Å². The Morgan fingerprint density at radius 1 is 1.32 bits per heavy atom. The number of carbonyl (C=O) groups excluding carboxylic acids is 2. The van der Waals surface area contributed by atoms with Gasteiger partial charge in [-0.25, -0.2) is 4.79 Å². The number of nitrogens with zero attached hydrogens (tertiary/aromatic N) is 3. The van der Waals surface area contributed by atoms with Crippen molar-refractivity contribution < 1.29 is 14.3 Å². The zero-order valence-corrected chi connectivity index (χ0v) is 17.5. The number of aryl methyl sites for hydroxylation is 1. The molecule has 0 fully saturated rings. The van der Waals surface area contributed by atoms with Crippen molar-refractivity contribution in [3.63, 3.8) is 0 Å². The SMILES string of the molecule is CCOC(=O)c1c(-c2ccccc2Cl)csc1NC(=O)CSc1nncn1C. The van der Waals surface area contributed by atoms with E-state index in [1.165, 1.54) is 23.1 Å². The highest BCUT2D eigenvalue weighted by atomic mass is 35.5. The maximum atomic E-state index is 12.6. The Morgan fingerprint density at radius 2 is 2.11 bits per heavy atom. The second kappa shape index (κ2) is 9.22. The Morgan fingerprint density at radius 3 is 2.79 bits per heavy atom. The maximum absolute atomic E-state index is 12.6. The standard InChI is InChI=1S/C18H17ClN4O3S2/c1-3-26-17(25)15-12(11-6-4-5-7-13(11)19)8-27-16(15)21-14(24)9-28-18-22-20-10-23(18)2/h4-8,10H,3,9H2,1-2H3,(H,21,24). The van der Waals surface area contributed by atoms with Crippen LogP contribution in [0.25, 0.3) is 11.1 Å². The van der Waals surface area contributed by atoms with Crippen LogP contribution in [0.1, 0.15) is 17.3 Å². The molecule has 3 aromatic rings. The summed E-state index contributed by atoms with van der Waals surface area (Å²) in [5.74, 6) is -0.630. The summed E-state index contributed by atoms with van der Waals surface area (Å²) < 4.78 is 6.92. The van der Waals surface area contributed by atoms with Crippen LogP contribution in [0.5, 0.6) is 0 Å². The Balaban J connectivity index is 1.84. The normalized spacial score (nSPS) is 10.7. The Hall–Kier alpha value is -2.36. The van der Waals surface area contributed by atoms with E-state index in [-0.39, 0.29) is 18.3 Å². The lowest BCUT2D eigenvalue weighted by Crippen LogP contribution is -2.16. The van der Waals surface area contributed by atoms with E-state index < -0.39 is 5.97 Å². The number of hydrogen-bond acceptors (Lipinski definition) is 7. The number of aromatic nitrogens is 3. The van der Waals surface area contributed by atoms with Gasteiger partial charge in [-0.15, -0.1) is 21.5 Å². The number of esters is 1. The number of halogens is 1. The Kier molecular flexibility index (Phi) is 6.71. The summed E-state index contributed by atoms with van der Waals surface area (Å²) in [5.41, 5.74) is 1.64. The minimum absolute atomic E-state index is 0.133. The fourth-order valence-electron chi connectivity index (χ4n) is 2.43. The van der Waals surface area contributed by atoms with E-state index in [0.717, 1.165) is 0 Å². The van der Waals surface area contributed by atoms with Gasteiger partial charge < -0.3 is 14.6 Å². The van der Waals surface area contributed by atoms with Crippen LogP contribution in [0.3, 0.4) is 0 Å². The molecule has 1 amide bonds. The summed E-state index contributed by atoms with van der Waals surface area (Å²) in [5, 5.41) is 13.9. The second-order valence-corrected chi connectivity index (χ2v) is 7.84. The summed E-state index contributed by atoms with van der Waals surface area (Å²) in [7, 11) is 1.80. The molecule has 0 bridgehead atoms. The molecule has 0 atom stereocenters. The van der Waals surface area contributed by atoms with Gasteiger partial charge >= 0.3 is 5.97 Å². The van der Waals surface area contributed by atoms with Crippen LogP contribution in [-0.4, -0.2) is 39.0 Å². The van der Waals surface area contributed by atoms with Gasteiger partial charge in [0.2, 0.25) is 5.91 Å². The van der Waals surface area contributed by atoms with Crippen LogP contribution in [0.15, 0.2) is 41.1 Å². The van der Waals surface area contributed by atoms with Crippen molar-refractivity contribution in [2.24, 2.45) is 7.05 Å². The molecule has 0 aliphatic heterocycles. The number of amides is 1. The van der Waals surface area contributed by atoms with Crippen molar-refractivity contribution in [3.05, 3.63) is 46.6 Å². The van der Waals surface area contributed by atoms with Crippen LogP contribution < -0.4 is 5.32 Å². The Labute approximate surface area is 175 Å². The summed E-state index contributed by atoms with van der Waals surface area (Å²) >= 11 is 8.81. The van der Waals surface area contributed by atoms with Gasteiger partial charge in [0.05, 0.1) is 12.4 Å². The molecule has 0 saturated heterocycles. The van der Waals surface area contributed by atoms with Crippen LogP contribution >= 0.6 is 34.7 Å². The molecule has 0 aliphatic carbocycles. The first-order valence-corrected chi connectivity index (χ1v) is 10.6. The molecule has 10 heteroatoms. The summed E-state index contributed by atoms with van der Waals surface area (Å²) in [6.45, 7) is 1.96. The van der Waals surface area contributed by atoms with Crippen LogP contribution in [-0.2, 0) is 16.6 Å². The molecular weight excluding hydrogens is 420 g/mol. The lowest BCUT2D eigenvalue weighted by atomic mass is 10.0. The Bertz CT molecular complexity index is 1000. The van der Waals surface area contributed by atoms with E-state index in [4.69, 9.17) is 16.3 Å². The topological polar surface area (TPSA) is 86.1 Å². The zero-order valence-electron chi connectivity index (χ0n) is 15.1. The van der Waals surface area contributed by atoms with Gasteiger partial charge in [0, 0.05) is 28.6 Å². The third-order valence-electron chi connectivity index (χ3n) is 3.69. The number of hydrogen-bond donors (Lipinski definition) is 1. The molecule has 1 N–H and O–H groups in total. The first kappa shape index (κ1) is 20.4. The molecule has 0 saturated carbocycles. The summed E-state index contributed by atoms with van der Waals surface area (Å²) in [6.07, 6.45) is 1.56. The molecule has 2 aromatic heterocycles. The molecule has 2 heterocycles. The average Bonchev–Trinajstić information content (AvgIpc) is 3.26. The van der Waals surface area contributed by atoms with Crippen molar-refractivity contribution in [3.8, 4) is 11.1 Å². The quantitative estimate of drug-likeness (QED) is 0.443. The number of nitrogens with one attached hydrogen (secondary N) is 1. The molecule has 28 heavy (non-hydrogen) atoms. The predicted molar refractivity (Wildman–Crippen MR) is 111 cm³/mol. The third-order valence-corrected chi connectivity index (χ3v) is 5.95. The van der Waals surface area contributed by atoms with Gasteiger partial charge in [0.25, 0.3) is 0 Å². The fourth-order valence-corrected chi connectivity index (χ4v) is 4.32. The summed E-state index contributed by atoms with van der Waals surface area (Å²) in [4.78, 5) is 25.0. The molecule has 0 aliphatic rings. The number of anilines is 1. The van der Waals surface area contributed by atoms with Crippen LogP contribution in [0.2, 0.25) is 5.02 Å². The van der Waals surface area contributed by atoms with Gasteiger partial charge in [-0.05, 0) is 13.0 Å². The lowest BCUT2D eigenvalue weighted by Gasteiger charge is -2.09. The largest absolute Gasteiger partial charge is 0.462 e. The highest BCUT2D eigenvalue weighted by Gasteiger charge is 2.24. The molecule has 146 valence electrons. The van der Waals surface area contributed by atoms with Crippen molar-refractivity contribution in [2.45, 2.75) is 12.1 Å². The number of rotatable bonds is 7. The van der Waals surface area contributed by atoms with Crippen molar-refractivity contribution in [1.29, 1.82) is 0 Å². The molecular formula is C18H17ClN4O3S2. The molecule has 0 unspecified atom stereocenters. The first-order valence-electron chi connectivity index (χ1n) is 8.31. The average molecular weight is 437 g/mol. The van der Waals surface area contributed by atoms with Crippen molar-refractivity contribution >= 4 is 51.6 Å². The van der Waals surface area contributed by atoms with E-state index in [2.05, 4.69) is 15.5 Å². The summed E-state index contributed by atoms with van der Waals surface area (Å²) in [6, 6.07) is 7.22. The maximum Gasteiger partial charge on any atom is 0.341 e. The molecule has 0 spiro atoms. The van der Waals surface area contributed by atoms with Gasteiger partial charge in [-0.3, -0.25) is 4.79 Å². The molecule has 3 rings (SSSR count). The minimum Gasteiger partial charge on any atom is -0.462 e. The minimum atomic E-state index is -0.505. The van der Waals surface area contributed by atoms with E-state index >= 15 is 0 Å². The second-order valence-electron chi connectivity index (χ2n) is 5.62. The number of ether oxygens (including phenoxy) is 1.